The molecule has 16 heavy (non-hydrogen) atoms. The maximum Gasteiger partial charge on any atom is 0.149 e. The van der Waals surface area contributed by atoms with Crippen molar-refractivity contribution < 1.29 is 4.74 Å². The molecule has 88 valence electrons. The lowest BCUT2D eigenvalue weighted by molar-refractivity contribution is -0.00547. The third kappa shape index (κ3) is 2.41. The van der Waals surface area contributed by atoms with Crippen LogP contribution in [0.15, 0.2) is 12.4 Å². The first-order chi connectivity index (χ1) is 7.69. The minimum Gasteiger partial charge on any atom is -0.372 e. The third-order valence-corrected chi connectivity index (χ3v) is 2.62. The maximum absolute atomic E-state index is 5.69. The minimum absolute atomic E-state index is 0.240. The van der Waals surface area contributed by atoms with Crippen LogP contribution in [0.2, 0.25) is 0 Å². The zero-order valence-electron chi connectivity index (χ0n) is 9.97. The van der Waals surface area contributed by atoms with E-state index in [2.05, 4.69) is 34.0 Å². The van der Waals surface area contributed by atoms with Crippen molar-refractivity contribution in [3.8, 4) is 0 Å². The first-order valence-electron chi connectivity index (χ1n) is 5.59. The molecule has 0 aromatic carbocycles. The zero-order chi connectivity index (χ0) is 11.5. The number of hydrogen-bond donors (Lipinski definition) is 1. The van der Waals surface area contributed by atoms with E-state index in [4.69, 9.17) is 4.74 Å². The highest BCUT2D eigenvalue weighted by Crippen LogP contribution is 2.18. The standard InChI is InChI=1S/C11H18N4O/c1-8-6-15(7-9(2)16-8)11-5-13-4-10(12-3)14-11/h4-5,8-9H,6-7H2,1-3H3,(H,12,14). The maximum atomic E-state index is 5.69. The van der Waals surface area contributed by atoms with Crippen molar-refractivity contribution in [1.82, 2.24) is 9.97 Å². The smallest absolute Gasteiger partial charge is 0.149 e. The van der Waals surface area contributed by atoms with Crippen molar-refractivity contribution in [1.29, 1.82) is 0 Å². The van der Waals surface area contributed by atoms with E-state index in [1.54, 1.807) is 12.4 Å². The van der Waals surface area contributed by atoms with Crippen LogP contribution in [0.5, 0.6) is 0 Å². The predicted octanol–water partition coefficient (Wildman–Crippen LogP) is 1.13. The van der Waals surface area contributed by atoms with Crippen LogP contribution in [0.4, 0.5) is 11.6 Å². The van der Waals surface area contributed by atoms with Crippen LogP contribution >= 0.6 is 0 Å². The fraction of sp³-hybridized carbons (Fsp3) is 0.636. The Morgan fingerprint density at radius 3 is 2.62 bits per heavy atom. The Labute approximate surface area is 95.8 Å². The number of aromatic nitrogens is 2. The molecule has 2 heterocycles. The van der Waals surface area contributed by atoms with Gasteiger partial charge in [0.2, 0.25) is 0 Å². The summed E-state index contributed by atoms with van der Waals surface area (Å²) in [4.78, 5) is 10.9. The van der Waals surface area contributed by atoms with Gasteiger partial charge in [0.25, 0.3) is 0 Å². The molecule has 5 nitrogen and oxygen atoms in total. The second-order valence-electron chi connectivity index (χ2n) is 4.17. The van der Waals surface area contributed by atoms with Gasteiger partial charge in [-0.15, -0.1) is 0 Å². The number of ether oxygens (including phenoxy) is 1. The van der Waals surface area contributed by atoms with E-state index >= 15 is 0 Å². The number of rotatable bonds is 2. The van der Waals surface area contributed by atoms with E-state index in [0.29, 0.717) is 0 Å². The van der Waals surface area contributed by atoms with Crippen LogP contribution in [0.25, 0.3) is 0 Å². The Hall–Kier alpha value is -1.36. The Kier molecular flexibility index (Phi) is 3.24. The predicted molar refractivity (Wildman–Crippen MR) is 63.8 cm³/mol. The van der Waals surface area contributed by atoms with Gasteiger partial charge in [0.05, 0.1) is 24.6 Å². The summed E-state index contributed by atoms with van der Waals surface area (Å²) < 4.78 is 5.69. The summed E-state index contributed by atoms with van der Waals surface area (Å²) >= 11 is 0. The van der Waals surface area contributed by atoms with Crippen LogP contribution in [0.3, 0.4) is 0 Å². The van der Waals surface area contributed by atoms with Crippen molar-refractivity contribution in [2.45, 2.75) is 26.1 Å². The second-order valence-corrected chi connectivity index (χ2v) is 4.17. The van der Waals surface area contributed by atoms with E-state index in [9.17, 15) is 0 Å². The SMILES string of the molecule is CNc1cncc(N2CC(C)OC(C)C2)n1. The molecule has 2 atom stereocenters. The summed E-state index contributed by atoms with van der Waals surface area (Å²) in [5, 5.41) is 3.00. The Bertz CT molecular complexity index is 348. The average molecular weight is 222 g/mol. The van der Waals surface area contributed by atoms with Gasteiger partial charge in [-0.2, -0.15) is 0 Å². The second kappa shape index (κ2) is 4.65. The van der Waals surface area contributed by atoms with E-state index in [0.717, 1.165) is 24.7 Å². The normalized spacial score (nSPS) is 25.6. The number of hydrogen-bond acceptors (Lipinski definition) is 5. The number of nitrogens with one attached hydrogen (secondary N) is 1. The third-order valence-electron chi connectivity index (χ3n) is 2.62. The molecule has 1 aromatic heterocycles. The van der Waals surface area contributed by atoms with Gasteiger partial charge in [-0.25, -0.2) is 4.98 Å². The van der Waals surface area contributed by atoms with Gasteiger partial charge >= 0.3 is 0 Å². The highest BCUT2D eigenvalue weighted by molar-refractivity contribution is 5.44. The topological polar surface area (TPSA) is 50.3 Å². The summed E-state index contributed by atoms with van der Waals surface area (Å²) in [6.07, 6.45) is 4.00. The van der Waals surface area contributed by atoms with E-state index in [1.807, 2.05) is 7.05 Å². The van der Waals surface area contributed by atoms with Gasteiger partial charge in [-0.3, -0.25) is 4.98 Å². The van der Waals surface area contributed by atoms with Crippen molar-refractivity contribution in [2.24, 2.45) is 0 Å². The molecule has 1 aromatic rings. The largest absolute Gasteiger partial charge is 0.372 e. The van der Waals surface area contributed by atoms with E-state index < -0.39 is 0 Å². The van der Waals surface area contributed by atoms with Crippen molar-refractivity contribution in [2.75, 3.05) is 30.4 Å². The molecule has 0 aliphatic carbocycles. The molecule has 5 heteroatoms. The quantitative estimate of drug-likeness (QED) is 0.813. The first kappa shape index (κ1) is 11.1. The molecular formula is C11H18N4O. The molecule has 0 amide bonds. The molecule has 0 saturated carbocycles. The van der Waals surface area contributed by atoms with Gasteiger partial charge in [-0.1, -0.05) is 0 Å². The number of morpholine rings is 1. The summed E-state index contributed by atoms with van der Waals surface area (Å²) in [6.45, 7) is 5.90. The van der Waals surface area contributed by atoms with E-state index in [-0.39, 0.29) is 12.2 Å². The van der Waals surface area contributed by atoms with Gasteiger partial charge < -0.3 is 15.0 Å². The molecule has 1 N–H and O–H groups in total. The lowest BCUT2D eigenvalue weighted by Gasteiger charge is -2.35. The van der Waals surface area contributed by atoms with Crippen LogP contribution in [0.1, 0.15) is 13.8 Å². The Morgan fingerprint density at radius 2 is 2.00 bits per heavy atom. The zero-order valence-corrected chi connectivity index (χ0v) is 9.97. The lowest BCUT2D eigenvalue weighted by atomic mass is 10.2. The lowest BCUT2D eigenvalue weighted by Crippen LogP contribution is -2.45. The molecule has 1 aliphatic heterocycles. The molecular weight excluding hydrogens is 204 g/mol. The van der Waals surface area contributed by atoms with Crippen LogP contribution in [-0.2, 0) is 4.74 Å². The fourth-order valence-electron chi connectivity index (χ4n) is 1.99. The fourth-order valence-corrected chi connectivity index (χ4v) is 1.99. The highest BCUT2D eigenvalue weighted by atomic mass is 16.5. The first-order valence-corrected chi connectivity index (χ1v) is 5.59. The number of nitrogens with zero attached hydrogens (tertiary/aromatic N) is 3. The number of anilines is 2. The van der Waals surface area contributed by atoms with Crippen molar-refractivity contribution in [3.63, 3.8) is 0 Å². The summed E-state index contributed by atoms with van der Waals surface area (Å²) in [5.74, 6) is 1.71. The molecule has 0 bridgehead atoms. The monoisotopic (exact) mass is 222 g/mol. The Morgan fingerprint density at radius 1 is 1.31 bits per heavy atom. The summed E-state index contributed by atoms with van der Waals surface area (Å²) in [5.41, 5.74) is 0. The molecule has 2 rings (SSSR count). The van der Waals surface area contributed by atoms with E-state index in [1.165, 1.54) is 0 Å². The average Bonchev–Trinajstić information content (AvgIpc) is 2.28. The van der Waals surface area contributed by atoms with Gasteiger partial charge in [-0.05, 0) is 13.8 Å². The molecule has 2 unspecified atom stereocenters. The molecule has 0 spiro atoms. The molecule has 0 radical (unpaired) electrons. The highest BCUT2D eigenvalue weighted by Gasteiger charge is 2.23. The van der Waals surface area contributed by atoms with Gasteiger partial charge in [0, 0.05) is 20.1 Å². The summed E-state index contributed by atoms with van der Waals surface area (Å²) in [6, 6.07) is 0. The van der Waals surface area contributed by atoms with Crippen LogP contribution in [-0.4, -0.2) is 42.3 Å². The van der Waals surface area contributed by atoms with Crippen molar-refractivity contribution in [3.05, 3.63) is 12.4 Å². The van der Waals surface area contributed by atoms with Crippen LogP contribution in [0, 0.1) is 0 Å². The summed E-state index contributed by atoms with van der Waals surface area (Å²) in [7, 11) is 1.85. The molecule has 1 aliphatic rings. The minimum atomic E-state index is 0.240. The van der Waals surface area contributed by atoms with Crippen molar-refractivity contribution >= 4 is 11.6 Å². The Balaban J connectivity index is 2.16. The van der Waals surface area contributed by atoms with Crippen LogP contribution < -0.4 is 10.2 Å². The molecule has 1 fully saturated rings. The van der Waals surface area contributed by atoms with Gasteiger partial charge in [0.1, 0.15) is 11.6 Å². The van der Waals surface area contributed by atoms with Gasteiger partial charge in [0.15, 0.2) is 0 Å². The molecule has 1 saturated heterocycles.